The van der Waals surface area contributed by atoms with Crippen molar-refractivity contribution in [3.63, 3.8) is 0 Å². The molecule has 1 aromatic rings. The molecule has 0 amide bonds. The monoisotopic (exact) mass is 249 g/mol. The summed E-state index contributed by atoms with van der Waals surface area (Å²) in [5.41, 5.74) is 1.61. The van der Waals surface area contributed by atoms with Gasteiger partial charge in [-0.05, 0) is 0 Å². The maximum absolute atomic E-state index is 4.26. The zero-order chi connectivity index (χ0) is 9.43. The predicted octanol–water partition coefficient (Wildman–Crippen LogP) is 2.48. The van der Waals surface area contributed by atoms with Gasteiger partial charge in [0.25, 0.3) is 0 Å². The Morgan fingerprint density at radius 2 is 1.93 bits per heavy atom. The van der Waals surface area contributed by atoms with Gasteiger partial charge in [-0.15, -0.1) is 0 Å². The molecule has 3 rings (SSSR count). The van der Waals surface area contributed by atoms with Gasteiger partial charge in [-0.25, -0.2) is 0 Å². The third-order valence-electron chi connectivity index (χ3n) is 4.16. The molecule has 1 nitrogen and oxygen atoms in total. The molecule has 2 aliphatic rings. The zero-order valence-corrected chi connectivity index (χ0v) is 10.7. The van der Waals surface area contributed by atoms with Crippen LogP contribution in [0.1, 0.15) is 24.8 Å². The Morgan fingerprint density at radius 1 is 1.07 bits per heavy atom. The van der Waals surface area contributed by atoms with Gasteiger partial charge in [0.05, 0.1) is 0 Å². The van der Waals surface area contributed by atoms with Crippen LogP contribution in [0.15, 0.2) is 18.5 Å². The summed E-state index contributed by atoms with van der Waals surface area (Å²) in [5, 5.41) is 4.79. The van der Waals surface area contributed by atoms with Crippen LogP contribution in [0.4, 0.5) is 0 Å². The van der Waals surface area contributed by atoms with Gasteiger partial charge < -0.3 is 0 Å². The van der Waals surface area contributed by atoms with Gasteiger partial charge in [0, 0.05) is 0 Å². The number of hydrogen-bond donors (Lipinski definition) is 0. The van der Waals surface area contributed by atoms with E-state index < -0.39 is 13.3 Å². The van der Waals surface area contributed by atoms with E-state index in [1.54, 1.807) is 21.3 Å². The zero-order valence-electron chi connectivity index (χ0n) is 8.63. The molecule has 0 N–H and O–H groups in total. The summed E-state index contributed by atoms with van der Waals surface area (Å²) < 4.78 is 1.82. The number of pyridine rings is 1. The fourth-order valence-corrected chi connectivity index (χ4v) is 14.9. The first-order valence-corrected chi connectivity index (χ1v) is 11.3. The molecular formula is C12H17GeN. The summed E-state index contributed by atoms with van der Waals surface area (Å²) >= 11 is -1.52. The number of nitrogens with zero attached hydrogens (tertiary/aromatic N) is 1. The molecule has 1 saturated heterocycles. The minimum absolute atomic E-state index is 1.35. The predicted molar refractivity (Wildman–Crippen MR) is 61.6 cm³/mol. The normalized spacial score (nSPS) is 23.7. The Labute approximate surface area is 88.3 Å². The molecule has 0 radical (unpaired) electrons. The SMILES string of the molecule is c1c[c]2c(cn1)C[CH2][Ge]21[CH2]CCC[CH2]1. The van der Waals surface area contributed by atoms with Crippen LogP contribution in [-0.4, -0.2) is 18.3 Å². The van der Waals surface area contributed by atoms with E-state index in [0.29, 0.717) is 0 Å². The van der Waals surface area contributed by atoms with Gasteiger partial charge in [-0.2, -0.15) is 0 Å². The first kappa shape index (κ1) is 8.96. The average molecular weight is 248 g/mol. The molecule has 14 heavy (non-hydrogen) atoms. The summed E-state index contributed by atoms with van der Waals surface area (Å²) in [6.07, 6.45) is 10.0. The van der Waals surface area contributed by atoms with Gasteiger partial charge in [0.2, 0.25) is 0 Å². The number of fused-ring (bicyclic) bond motifs is 2. The standard InChI is InChI=1S/C12H17GeN/c1-2-6-13(7-3-1)8-4-11-10-14-9-5-12(11)13/h5,9-10H,1-4,6-8H2. The first-order chi connectivity index (χ1) is 6.91. The molecular weight excluding hydrogens is 231 g/mol. The average Bonchev–Trinajstić information content (AvgIpc) is 2.60. The van der Waals surface area contributed by atoms with Gasteiger partial charge in [-0.1, -0.05) is 0 Å². The van der Waals surface area contributed by atoms with Crippen molar-refractivity contribution in [2.24, 2.45) is 0 Å². The Bertz CT molecular complexity index is 336. The van der Waals surface area contributed by atoms with E-state index in [2.05, 4.69) is 17.2 Å². The third kappa shape index (κ3) is 1.25. The fourth-order valence-electron chi connectivity index (χ4n) is 3.40. The Balaban J connectivity index is 2.03. The summed E-state index contributed by atoms with van der Waals surface area (Å²) in [6.45, 7) is 0. The molecule has 0 atom stereocenters. The van der Waals surface area contributed by atoms with E-state index in [-0.39, 0.29) is 0 Å². The third-order valence-corrected chi connectivity index (χ3v) is 15.6. The van der Waals surface area contributed by atoms with E-state index in [4.69, 9.17) is 0 Å². The van der Waals surface area contributed by atoms with Crippen LogP contribution in [0.5, 0.6) is 0 Å². The van der Waals surface area contributed by atoms with Crippen LogP contribution in [0.3, 0.4) is 0 Å². The topological polar surface area (TPSA) is 12.9 Å². The molecule has 1 spiro atoms. The molecule has 0 bridgehead atoms. The van der Waals surface area contributed by atoms with Crippen molar-refractivity contribution in [3.05, 3.63) is 24.0 Å². The van der Waals surface area contributed by atoms with Crippen LogP contribution in [-0.2, 0) is 6.42 Å². The van der Waals surface area contributed by atoms with Crippen molar-refractivity contribution in [2.75, 3.05) is 0 Å². The van der Waals surface area contributed by atoms with Crippen molar-refractivity contribution in [1.82, 2.24) is 4.98 Å². The second-order valence-corrected chi connectivity index (χ2v) is 14.5. The van der Waals surface area contributed by atoms with Crippen molar-refractivity contribution >= 4 is 17.7 Å². The van der Waals surface area contributed by atoms with Crippen LogP contribution >= 0.6 is 0 Å². The van der Waals surface area contributed by atoms with Crippen molar-refractivity contribution in [3.8, 4) is 0 Å². The van der Waals surface area contributed by atoms with E-state index in [1.807, 2.05) is 10.6 Å². The maximum atomic E-state index is 4.26. The van der Waals surface area contributed by atoms with Gasteiger partial charge in [0.1, 0.15) is 0 Å². The van der Waals surface area contributed by atoms with Crippen molar-refractivity contribution in [2.45, 2.75) is 41.4 Å². The molecule has 2 aliphatic heterocycles. The molecule has 0 saturated carbocycles. The Morgan fingerprint density at radius 3 is 2.79 bits per heavy atom. The van der Waals surface area contributed by atoms with Gasteiger partial charge in [0.15, 0.2) is 0 Å². The quantitative estimate of drug-likeness (QED) is 0.642. The van der Waals surface area contributed by atoms with E-state index in [9.17, 15) is 0 Å². The molecule has 2 heteroatoms. The molecule has 0 unspecified atom stereocenters. The van der Waals surface area contributed by atoms with Crippen LogP contribution in [0.2, 0.25) is 15.8 Å². The molecule has 1 fully saturated rings. The van der Waals surface area contributed by atoms with E-state index in [1.165, 1.54) is 25.7 Å². The molecule has 1 aromatic heterocycles. The number of rotatable bonds is 0. The molecule has 3 heterocycles. The summed E-state index contributed by atoms with van der Waals surface area (Å²) in [5.74, 6) is 0. The van der Waals surface area contributed by atoms with Gasteiger partial charge in [-0.3, -0.25) is 0 Å². The second-order valence-electron chi connectivity index (χ2n) is 4.87. The molecule has 74 valence electrons. The summed E-state index contributed by atoms with van der Waals surface area (Å²) in [4.78, 5) is 4.26. The fraction of sp³-hybridized carbons (Fsp3) is 0.583. The van der Waals surface area contributed by atoms with Crippen LogP contribution in [0.25, 0.3) is 0 Å². The van der Waals surface area contributed by atoms with Crippen molar-refractivity contribution < 1.29 is 0 Å². The number of aromatic nitrogens is 1. The summed E-state index contributed by atoms with van der Waals surface area (Å²) in [7, 11) is 0. The van der Waals surface area contributed by atoms with Crippen LogP contribution in [0, 0.1) is 0 Å². The number of hydrogen-bond acceptors (Lipinski definition) is 1. The first-order valence-electron chi connectivity index (χ1n) is 5.84. The molecule has 0 aromatic carbocycles. The minimum atomic E-state index is -1.52. The van der Waals surface area contributed by atoms with Gasteiger partial charge >= 0.3 is 88.1 Å². The Kier molecular flexibility index (Phi) is 2.16. The van der Waals surface area contributed by atoms with Crippen molar-refractivity contribution in [1.29, 1.82) is 0 Å². The Hall–Kier alpha value is -0.307. The van der Waals surface area contributed by atoms with E-state index >= 15 is 0 Å². The van der Waals surface area contributed by atoms with Crippen LogP contribution < -0.4 is 4.40 Å². The second kappa shape index (κ2) is 3.37. The summed E-state index contributed by atoms with van der Waals surface area (Å²) in [6, 6.07) is 2.35. The molecule has 0 aliphatic carbocycles. The van der Waals surface area contributed by atoms with E-state index in [0.717, 1.165) is 0 Å². The number of aryl methyl sites for hydroxylation is 1.